The molecule has 0 spiro atoms. The molecule has 0 N–H and O–H groups in total. The molecule has 1 fully saturated rings. The van der Waals surface area contributed by atoms with Crippen LogP contribution in [0.4, 0.5) is 0 Å². The molecule has 27 heavy (non-hydrogen) atoms. The molecule has 4 nitrogen and oxygen atoms in total. The number of benzene rings is 2. The lowest BCUT2D eigenvalue weighted by atomic mass is 10.0. The Labute approximate surface area is 164 Å². The van der Waals surface area contributed by atoms with Gasteiger partial charge >= 0.3 is 11.9 Å². The fourth-order valence-electron chi connectivity index (χ4n) is 2.98. The van der Waals surface area contributed by atoms with Gasteiger partial charge in [0, 0.05) is 5.92 Å². The molecule has 0 amide bonds. The zero-order chi connectivity index (χ0) is 19.4. The van der Waals surface area contributed by atoms with Crippen LogP contribution in [0.25, 0.3) is 0 Å². The monoisotopic (exact) mass is 384 g/mol. The third kappa shape index (κ3) is 4.92. The lowest BCUT2D eigenvalue weighted by molar-refractivity contribution is 0.0125. The first-order valence-corrected chi connectivity index (χ1v) is 10.1. The van der Waals surface area contributed by atoms with Crippen molar-refractivity contribution in [3.63, 3.8) is 0 Å². The van der Waals surface area contributed by atoms with Crippen LogP contribution in [0.15, 0.2) is 48.5 Å². The fourth-order valence-corrected chi connectivity index (χ4v) is 4.40. The van der Waals surface area contributed by atoms with Gasteiger partial charge in [-0.2, -0.15) is 11.8 Å². The molecule has 0 unspecified atom stereocenters. The van der Waals surface area contributed by atoms with Crippen LogP contribution in [-0.2, 0) is 9.47 Å². The predicted molar refractivity (Wildman–Crippen MR) is 107 cm³/mol. The third-order valence-electron chi connectivity index (χ3n) is 4.70. The summed E-state index contributed by atoms with van der Waals surface area (Å²) in [6.07, 6.45) is -0.269. The molecule has 1 saturated heterocycles. The van der Waals surface area contributed by atoms with Crippen LogP contribution >= 0.6 is 11.8 Å². The van der Waals surface area contributed by atoms with Crippen molar-refractivity contribution in [1.82, 2.24) is 0 Å². The predicted octanol–water partition coefficient (Wildman–Crippen LogP) is 4.44. The number of hydrogen-bond donors (Lipinski definition) is 0. The molecule has 5 heteroatoms. The standard InChI is InChI=1S/C22H24O4S/c1-14-4-8-17(9-5-14)21(23)25-12-19-20(16(3)13-27-19)26-22(24)18-10-6-15(2)7-11-18/h4-11,16,19-20H,12-13H2,1-3H3/t16-,19+,20-/m1/s1. The van der Waals surface area contributed by atoms with Crippen LogP contribution in [0.2, 0.25) is 0 Å². The van der Waals surface area contributed by atoms with E-state index in [1.165, 1.54) is 0 Å². The molecule has 2 aromatic carbocycles. The highest BCUT2D eigenvalue weighted by Gasteiger charge is 2.38. The normalized spacial score (nSPS) is 21.7. The molecule has 3 rings (SSSR count). The quantitative estimate of drug-likeness (QED) is 0.714. The Kier molecular flexibility index (Phi) is 6.22. The summed E-state index contributed by atoms with van der Waals surface area (Å²) in [6, 6.07) is 14.6. The highest BCUT2D eigenvalue weighted by molar-refractivity contribution is 8.00. The van der Waals surface area contributed by atoms with Crippen LogP contribution in [0, 0.1) is 19.8 Å². The summed E-state index contributed by atoms with van der Waals surface area (Å²) in [5.41, 5.74) is 3.26. The van der Waals surface area contributed by atoms with E-state index in [1.54, 1.807) is 36.0 Å². The summed E-state index contributed by atoms with van der Waals surface area (Å²) < 4.78 is 11.2. The van der Waals surface area contributed by atoms with Gasteiger partial charge in [-0.3, -0.25) is 0 Å². The molecule has 0 bridgehead atoms. The highest BCUT2D eigenvalue weighted by Crippen LogP contribution is 2.34. The molecule has 3 atom stereocenters. The molecule has 1 aliphatic heterocycles. The van der Waals surface area contributed by atoms with Crippen LogP contribution in [0.3, 0.4) is 0 Å². The van der Waals surface area contributed by atoms with Crippen molar-refractivity contribution >= 4 is 23.7 Å². The summed E-state index contributed by atoms with van der Waals surface area (Å²) in [6.45, 7) is 6.23. The van der Waals surface area contributed by atoms with E-state index in [2.05, 4.69) is 6.92 Å². The molecule has 0 saturated carbocycles. The van der Waals surface area contributed by atoms with Gasteiger partial charge in [-0.15, -0.1) is 0 Å². The van der Waals surface area contributed by atoms with Crippen LogP contribution < -0.4 is 0 Å². The molecule has 142 valence electrons. The van der Waals surface area contributed by atoms with Crippen LogP contribution in [0.5, 0.6) is 0 Å². The Bertz CT molecular complexity index is 798. The van der Waals surface area contributed by atoms with E-state index >= 15 is 0 Å². The SMILES string of the molecule is Cc1ccc(C(=O)OC[C@@H]2SC[C@@H](C)[C@H]2OC(=O)c2ccc(C)cc2)cc1. The average molecular weight is 384 g/mol. The minimum atomic E-state index is -0.348. The van der Waals surface area contributed by atoms with E-state index in [9.17, 15) is 9.59 Å². The number of carbonyl (C=O) groups is 2. The van der Waals surface area contributed by atoms with E-state index in [4.69, 9.17) is 9.47 Å². The molecule has 0 aliphatic carbocycles. The Morgan fingerprint density at radius 1 is 0.926 bits per heavy atom. The van der Waals surface area contributed by atoms with Crippen LogP contribution in [-0.4, -0.2) is 35.7 Å². The second kappa shape index (κ2) is 8.61. The summed E-state index contributed by atoms with van der Waals surface area (Å²) in [7, 11) is 0. The van der Waals surface area contributed by atoms with Gasteiger partial charge in [-0.25, -0.2) is 9.59 Å². The summed E-state index contributed by atoms with van der Waals surface area (Å²) in [5, 5.41) is -0.0520. The molecule has 2 aromatic rings. The zero-order valence-electron chi connectivity index (χ0n) is 15.8. The lowest BCUT2D eigenvalue weighted by Crippen LogP contribution is -2.33. The maximum absolute atomic E-state index is 12.5. The van der Waals surface area contributed by atoms with Gasteiger partial charge in [-0.05, 0) is 43.9 Å². The Balaban J connectivity index is 1.59. The molecular formula is C22H24O4S. The maximum atomic E-state index is 12.5. The number of esters is 2. The number of aryl methyl sites for hydroxylation is 2. The molecule has 0 aromatic heterocycles. The van der Waals surface area contributed by atoms with Gasteiger partial charge in [0.25, 0.3) is 0 Å². The first-order valence-electron chi connectivity index (χ1n) is 9.07. The molecule has 1 heterocycles. The number of rotatable bonds is 5. The topological polar surface area (TPSA) is 52.6 Å². The number of carbonyl (C=O) groups excluding carboxylic acids is 2. The van der Waals surface area contributed by atoms with Crippen molar-refractivity contribution in [3.8, 4) is 0 Å². The van der Waals surface area contributed by atoms with Crippen molar-refractivity contribution in [3.05, 3.63) is 70.8 Å². The second-order valence-corrected chi connectivity index (χ2v) is 8.32. The lowest BCUT2D eigenvalue weighted by Gasteiger charge is -2.22. The Hall–Kier alpha value is -2.27. The van der Waals surface area contributed by atoms with Gasteiger partial charge in [-0.1, -0.05) is 42.3 Å². The van der Waals surface area contributed by atoms with Gasteiger partial charge < -0.3 is 9.47 Å². The highest BCUT2D eigenvalue weighted by atomic mass is 32.2. The van der Waals surface area contributed by atoms with Crippen molar-refractivity contribution in [2.45, 2.75) is 32.1 Å². The summed E-state index contributed by atoms with van der Waals surface area (Å²) in [4.78, 5) is 24.7. The molecule has 1 aliphatic rings. The van der Waals surface area contributed by atoms with Gasteiger partial charge in [0.15, 0.2) is 0 Å². The zero-order valence-corrected chi connectivity index (χ0v) is 16.6. The number of thioether (sulfide) groups is 1. The first kappa shape index (κ1) is 19.5. The second-order valence-electron chi connectivity index (χ2n) is 7.05. The third-order valence-corrected chi connectivity index (χ3v) is 6.25. The van der Waals surface area contributed by atoms with E-state index in [-0.39, 0.29) is 35.8 Å². The van der Waals surface area contributed by atoms with E-state index in [0.717, 1.165) is 16.9 Å². The Morgan fingerprint density at radius 2 is 1.44 bits per heavy atom. The largest absolute Gasteiger partial charge is 0.461 e. The molecule has 0 radical (unpaired) electrons. The summed E-state index contributed by atoms with van der Waals surface area (Å²) in [5.74, 6) is 0.411. The minimum absolute atomic E-state index is 0.0520. The molecular weight excluding hydrogens is 360 g/mol. The smallest absolute Gasteiger partial charge is 0.338 e. The van der Waals surface area contributed by atoms with Crippen LogP contribution in [0.1, 0.15) is 38.8 Å². The van der Waals surface area contributed by atoms with Crippen molar-refractivity contribution in [1.29, 1.82) is 0 Å². The van der Waals surface area contributed by atoms with Crippen molar-refractivity contribution in [2.75, 3.05) is 12.4 Å². The van der Waals surface area contributed by atoms with E-state index in [0.29, 0.717) is 11.1 Å². The average Bonchev–Trinajstić information content (AvgIpc) is 3.00. The van der Waals surface area contributed by atoms with E-state index in [1.807, 2.05) is 38.1 Å². The minimum Gasteiger partial charge on any atom is -0.461 e. The fraction of sp³-hybridized carbons (Fsp3) is 0.364. The van der Waals surface area contributed by atoms with Crippen molar-refractivity contribution < 1.29 is 19.1 Å². The maximum Gasteiger partial charge on any atom is 0.338 e. The van der Waals surface area contributed by atoms with Gasteiger partial charge in [0.05, 0.1) is 16.4 Å². The summed E-state index contributed by atoms with van der Waals surface area (Å²) >= 11 is 1.68. The van der Waals surface area contributed by atoms with E-state index < -0.39 is 0 Å². The first-order chi connectivity index (χ1) is 12.9. The van der Waals surface area contributed by atoms with Gasteiger partial charge in [0.2, 0.25) is 0 Å². The van der Waals surface area contributed by atoms with Crippen molar-refractivity contribution in [2.24, 2.45) is 5.92 Å². The Morgan fingerprint density at radius 3 is 2.00 bits per heavy atom. The number of ether oxygens (including phenoxy) is 2. The van der Waals surface area contributed by atoms with Gasteiger partial charge in [0.1, 0.15) is 12.7 Å². The number of hydrogen-bond acceptors (Lipinski definition) is 5.